The molecule has 1 aliphatic heterocycles. The maximum atomic E-state index is 12.8. The quantitative estimate of drug-likeness (QED) is 0.476. The highest BCUT2D eigenvalue weighted by Gasteiger charge is 2.20. The lowest BCUT2D eigenvalue weighted by Gasteiger charge is -2.20. The number of ether oxygens (including phenoxy) is 2. The van der Waals surface area contributed by atoms with Crippen LogP contribution in [0.1, 0.15) is 34.0 Å². The summed E-state index contributed by atoms with van der Waals surface area (Å²) in [6.45, 7) is 3.76. The normalized spacial score (nSPS) is 13.0. The number of amides is 2. The highest BCUT2D eigenvalue weighted by molar-refractivity contribution is 6.30. The van der Waals surface area contributed by atoms with Crippen LogP contribution in [0.4, 0.5) is 10.5 Å². The fraction of sp³-hybridized carbons (Fsp3) is 0.231. The van der Waals surface area contributed by atoms with Crippen LogP contribution in [0.3, 0.4) is 0 Å². The number of benzene rings is 3. The van der Waals surface area contributed by atoms with Crippen molar-refractivity contribution in [3.63, 3.8) is 0 Å². The molecule has 170 valence electrons. The minimum atomic E-state index is -0.216. The molecule has 0 radical (unpaired) electrons. The molecule has 7 heteroatoms. The van der Waals surface area contributed by atoms with Crippen molar-refractivity contribution in [2.24, 2.45) is 0 Å². The van der Waals surface area contributed by atoms with E-state index in [1.807, 2.05) is 42.5 Å². The van der Waals surface area contributed by atoms with E-state index < -0.39 is 0 Å². The summed E-state index contributed by atoms with van der Waals surface area (Å²) in [6, 6.07) is 20.1. The SMILES string of the molecule is CC(=O)c1ccc(NC(=O)N2CCOc3ccc(COCc4ccc(Cl)cc4)cc3C2)cc1. The Hall–Kier alpha value is -3.35. The van der Waals surface area contributed by atoms with E-state index in [2.05, 4.69) is 5.32 Å². The average Bonchev–Trinajstić information content (AvgIpc) is 3.03. The molecule has 4 rings (SSSR count). The number of fused-ring (bicyclic) bond motifs is 1. The number of carbonyl (C=O) groups is 2. The van der Waals surface area contributed by atoms with E-state index in [0.29, 0.717) is 49.2 Å². The van der Waals surface area contributed by atoms with E-state index in [4.69, 9.17) is 21.1 Å². The molecule has 0 aromatic heterocycles. The number of nitrogens with zero attached hydrogens (tertiary/aromatic N) is 1. The summed E-state index contributed by atoms with van der Waals surface area (Å²) in [6.07, 6.45) is 0. The zero-order valence-corrected chi connectivity index (χ0v) is 19.1. The second kappa shape index (κ2) is 10.5. The van der Waals surface area contributed by atoms with Crippen molar-refractivity contribution < 1.29 is 19.1 Å². The zero-order valence-electron chi connectivity index (χ0n) is 18.3. The maximum absolute atomic E-state index is 12.8. The van der Waals surface area contributed by atoms with Gasteiger partial charge in [-0.05, 0) is 66.6 Å². The maximum Gasteiger partial charge on any atom is 0.322 e. The number of carbonyl (C=O) groups excluding carboxylic acids is 2. The number of nitrogens with one attached hydrogen (secondary N) is 1. The first kappa shape index (κ1) is 22.8. The Morgan fingerprint density at radius 3 is 2.42 bits per heavy atom. The number of anilines is 1. The summed E-state index contributed by atoms with van der Waals surface area (Å²) in [7, 11) is 0. The van der Waals surface area contributed by atoms with E-state index in [9.17, 15) is 9.59 Å². The molecule has 1 aliphatic rings. The van der Waals surface area contributed by atoms with Gasteiger partial charge in [0, 0.05) is 21.8 Å². The molecule has 0 aliphatic carbocycles. The average molecular weight is 465 g/mol. The second-order valence-electron chi connectivity index (χ2n) is 7.90. The predicted octanol–water partition coefficient (Wildman–Crippen LogP) is 5.69. The van der Waals surface area contributed by atoms with Crippen molar-refractivity contribution in [2.75, 3.05) is 18.5 Å². The van der Waals surface area contributed by atoms with Crippen LogP contribution >= 0.6 is 11.6 Å². The molecule has 0 saturated carbocycles. The zero-order chi connectivity index (χ0) is 23.2. The lowest BCUT2D eigenvalue weighted by Crippen LogP contribution is -2.36. The van der Waals surface area contributed by atoms with Gasteiger partial charge in [0.05, 0.1) is 26.3 Å². The first-order valence-corrected chi connectivity index (χ1v) is 11.1. The Morgan fingerprint density at radius 2 is 1.70 bits per heavy atom. The molecule has 0 saturated heterocycles. The Labute approximate surface area is 198 Å². The van der Waals surface area contributed by atoms with Crippen molar-refractivity contribution in [2.45, 2.75) is 26.7 Å². The van der Waals surface area contributed by atoms with Gasteiger partial charge in [-0.15, -0.1) is 0 Å². The first-order chi connectivity index (χ1) is 16.0. The molecule has 3 aromatic carbocycles. The molecule has 6 nitrogen and oxygen atoms in total. The molecule has 0 fully saturated rings. The van der Waals surface area contributed by atoms with Crippen LogP contribution in [0, 0.1) is 0 Å². The molecule has 0 atom stereocenters. The summed E-state index contributed by atoms with van der Waals surface area (Å²) >= 11 is 5.92. The van der Waals surface area contributed by atoms with Crippen molar-refractivity contribution in [3.8, 4) is 5.75 Å². The molecule has 0 bridgehead atoms. The van der Waals surface area contributed by atoms with Gasteiger partial charge in [0.2, 0.25) is 0 Å². The molecule has 1 heterocycles. The van der Waals surface area contributed by atoms with Gasteiger partial charge in [-0.2, -0.15) is 0 Å². The van der Waals surface area contributed by atoms with Crippen LogP contribution in [-0.4, -0.2) is 29.9 Å². The highest BCUT2D eigenvalue weighted by atomic mass is 35.5. The third-order valence-corrected chi connectivity index (χ3v) is 5.64. The van der Waals surface area contributed by atoms with E-state index in [0.717, 1.165) is 22.4 Å². The van der Waals surface area contributed by atoms with Gasteiger partial charge >= 0.3 is 6.03 Å². The molecule has 2 amide bonds. The number of ketones is 1. The number of rotatable bonds is 6. The number of halogens is 1. The smallest absolute Gasteiger partial charge is 0.322 e. The van der Waals surface area contributed by atoms with Gasteiger partial charge in [0.1, 0.15) is 12.4 Å². The Balaban J connectivity index is 1.37. The van der Waals surface area contributed by atoms with Crippen molar-refractivity contribution in [1.29, 1.82) is 0 Å². The van der Waals surface area contributed by atoms with Crippen molar-refractivity contribution in [3.05, 3.63) is 94.0 Å². The van der Waals surface area contributed by atoms with Gasteiger partial charge in [0.25, 0.3) is 0 Å². The fourth-order valence-electron chi connectivity index (χ4n) is 3.57. The van der Waals surface area contributed by atoms with E-state index >= 15 is 0 Å². The Kier molecular flexibility index (Phi) is 7.27. The van der Waals surface area contributed by atoms with Crippen LogP contribution in [0.25, 0.3) is 0 Å². The second-order valence-corrected chi connectivity index (χ2v) is 8.33. The summed E-state index contributed by atoms with van der Waals surface area (Å²) in [5, 5.41) is 3.59. The number of Topliss-reactive ketones (excluding diaryl/α,β-unsaturated/α-hetero) is 1. The Bertz CT molecular complexity index is 1130. The van der Waals surface area contributed by atoms with E-state index in [1.165, 1.54) is 6.92 Å². The number of hydrogen-bond acceptors (Lipinski definition) is 4. The minimum absolute atomic E-state index is 0.0119. The van der Waals surface area contributed by atoms with Gasteiger partial charge in [-0.3, -0.25) is 4.79 Å². The lowest BCUT2D eigenvalue weighted by molar-refractivity contribution is 0.101. The summed E-state index contributed by atoms with van der Waals surface area (Å²) < 4.78 is 11.7. The van der Waals surface area contributed by atoms with Crippen LogP contribution in [0.15, 0.2) is 66.7 Å². The van der Waals surface area contributed by atoms with E-state index in [1.54, 1.807) is 29.2 Å². The van der Waals surface area contributed by atoms with Crippen LogP contribution in [-0.2, 0) is 24.5 Å². The molecule has 33 heavy (non-hydrogen) atoms. The van der Waals surface area contributed by atoms with Gasteiger partial charge in [-0.1, -0.05) is 29.8 Å². The molecule has 0 unspecified atom stereocenters. The largest absolute Gasteiger partial charge is 0.491 e. The van der Waals surface area contributed by atoms with Gasteiger partial charge < -0.3 is 19.7 Å². The first-order valence-electron chi connectivity index (χ1n) is 10.7. The van der Waals surface area contributed by atoms with Crippen LogP contribution in [0.5, 0.6) is 5.75 Å². The number of urea groups is 1. The van der Waals surface area contributed by atoms with Crippen molar-refractivity contribution >= 4 is 29.1 Å². The van der Waals surface area contributed by atoms with Crippen LogP contribution < -0.4 is 10.1 Å². The fourth-order valence-corrected chi connectivity index (χ4v) is 3.69. The van der Waals surface area contributed by atoms with Crippen molar-refractivity contribution in [1.82, 2.24) is 4.90 Å². The molecular formula is C26H25ClN2O4. The van der Waals surface area contributed by atoms with Gasteiger partial charge in [-0.25, -0.2) is 4.79 Å². The molecular weight excluding hydrogens is 440 g/mol. The molecule has 3 aromatic rings. The third-order valence-electron chi connectivity index (χ3n) is 5.39. The summed E-state index contributed by atoms with van der Waals surface area (Å²) in [5.41, 5.74) is 4.24. The summed E-state index contributed by atoms with van der Waals surface area (Å²) in [4.78, 5) is 26.0. The van der Waals surface area contributed by atoms with Gasteiger partial charge in [0.15, 0.2) is 5.78 Å². The van der Waals surface area contributed by atoms with Crippen LogP contribution in [0.2, 0.25) is 5.02 Å². The van der Waals surface area contributed by atoms with E-state index in [-0.39, 0.29) is 11.8 Å². The number of hydrogen-bond donors (Lipinski definition) is 1. The molecule has 1 N–H and O–H groups in total. The minimum Gasteiger partial charge on any atom is -0.491 e. The topological polar surface area (TPSA) is 67.9 Å². The molecule has 0 spiro atoms. The lowest BCUT2D eigenvalue weighted by atomic mass is 10.1. The third kappa shape index (κ3) is 6.12. The monoisotopic (exact) mass is 464 g/mol. The predicted molar refractivity (Wildman–Crippen MR) is 128 cm³/mol. The standard InChI is InChI=1S/C26H25ClN2O4/c1-18(30)21-5-9-24(10-6-21)28-26(31)29-12-13-33-25-11-4-20(14-22(25)15-29)17-32-16-19-2-7-23(27)8-3-19/h2-11,14H,12-13,15-17H2,1H3,(H,28,31). The highest BCUT2D eigenvalue weighted by Crippen LogP contribution is 2.25. The summed E-state index contributed by atoms with van der Waals surface area (Å²) in [5.74, 6) is 0.764. The Morgan fingerprint density at radius 1 is 1.00 bits per heavy atom.